The van der Waals surface area contributed by atoms with Crippen molar-refractivity contribution in [3.8, 4) is 5.75 Å². The van der Waals surface area contributed by atoms with Crippen molar-refractivity contribution in [3.05, 3.63) is 23.3 Å². The number of aromatic hydroxyl groups is 1. The van der Waals surface area contributed by atoms with Gasteiger partial charge in [0.2, 0.25) is 0 Å². The number of hydrogen-bond acceptors (Lipinski definition) is 3. The molecule has 130 valence electrons. The topological polar surface area (TPSA) is 40.5 Å². The SMILES string of the molecule is CC(C)(C)c1cc(S[C@@H]2CCCC[C@H]2O)cc(C(C)(C)C)c1O. The maximum absolute atomic E-state index is 10.8. The van der Waals surface area contributed by atoms with Crippen LogP contribution in [0.2, 0.25) is 0 Å². The van der Waals surface area contributed by atoms with E-state index >= 15 is 0 Å². The van der Waals surface area contributed by atoms with Gasteiger partial charge >= 0.3 is 0 Å². The van der Waals surface area contributed by atoms with Crippen molar-refractivity contribution >= 4 is 11.8 Å². The summed E-state index contributed by atoms with van der Waals surface area (Å²) in [7, 11) is 0. The Hall–Kier alpha value is -0.670. The Morgan fingerprint density at radius 1 is 0.913 bits per heavy atom. The van der Waals surface area contributed by atoms with Gasteiger partial charge in [-0.3, -0.25) is 0 Å². The predicted molar refractivity (Wildman–Crippen MR) is 99.6 cm³/mol. The van der Waals surface area contributed by atoms with E-state index in [1.54, 1.807) is 11.8 Å². The number of phenolic OH excluding ortho intramolecular Hbond substituents is 1. The first-order valence-electron chi connectivity index (χ1n) is 8.73. The van der Waals surface area contributed by atoms with Crippen LogP contribution in [0.25, 0.3) is 0 Å². The van der Waals surface area contributed by atoms with Gasteiger partial charge in [0.25, 0.3) is 0 Å². The summed E-state index contributed by atoms with van der Waals surface area (Å²) < 4.78 is 0. The molecule has 23 heavy (non-hydrogen) atoms. The fourth-order valence-corrected chi connectivity index (χ4v) is 4.51. The molecule has 2 nitrogen and oxygen atoms in total. The van der Waals surface area contributed by atoms with Crippen LogP contribution in [0, 0.1) is 0 Å². The van der Waals surface area contributed by atoms with Crippen molar-refractivity contribution in [1.29, 1.82) is 0 Å². The zero-order valence-corrected chi connectivity index (χ0v) is 16.3. The molecule has 0 heterocycles. The molecule has 1 saturated carbocycles. The van der Waals surface area contributed by atoms with Gasteiger partial charge in [0.1, 0.15) is 5.75 Å². The normalized spacial score (nSPS) is 23.1. The maximum Gasteiger partial charge on any atom is 0.123 e. The van der Waals surface area contributed by atoms with Crippen molar-refractivity contribution in [1.82, 2.24) is 0 Å². The first-order chi connectivity index (χ1) is 10.5. The van der Waals surface area contributed by atoms with Crippen molar-refractivity contribution in [2.75, 3.05) is 0 Å². The first-order valence-corrected chi connectivity index (χ1v) is 9.61. The van der Waals surface area contributed by atoms with Crippen LogP contribution >= 0.6 is 11.8 Å². The number of aliphatic hydroxyl groups is 1. The van der Waals surface area contributed by atoms with Gasteiger partial charge in [-0.25, -0.2) is 0 Å². The molecule has 1 aliphatic carbocycles. The summed E-state index contributed by atoms with van der Waals surface area (Å²) >= 11 is 1.78. The molecule has 2 N–H and O–H groups in total. The fraction of sp³-hybridized carbons (Fsp3) is 0.700. The molecule has 0 unspecified atom stereocenters. The molecular formula is C20H32O2S. The van der Waals surface area contributed by atoms with Gasteiger partial charge in [-0.05, 0) is 35.8 Å². The molecule has 2 atom stereocenters. The predicted octanol–water partition coefficient (Wildman–Crippen LogP) is 5.38. The van der Waals surface area contributed by atoms with E-state index in [1.165, 1.54) is 11.3 Å². The van der Waals surface area contributed by atoms with Crippen LogP contribution in [0.5, 0.6) is 5.75 Å². The Morgan fingerprint density at radius 3 is 1.83 bits per heavy atom. The molecule has 0 aliphatic heterocycles. The Kier molecular flexibility index (Phi) is 5.42. The number of aliphatic hydroxyl groups excluding tert-OH is 1. The van der Waals surface area contributed by atoms with Gasteiger partial charge in [-0.1, -0.05) is 54.4 Å². The zero-order chi connectivity index (χ0) is 17.4. The van der Waals surface area contributed by atoms with E-state index in [4.69, 9.17) is 0 Å². The molecule has 1 aromatic rings. The lowest BCUT2D eigenvalue weighted by molar-refractivity contribution is 0.137. The van der Waals surface area contributed by atoms with Crippen molar-refractivity contribution in [3.63, 3.8) is 0 Å². The lowest BCUT2D eigenvalue weighted by atomic mass is 9.79. The summed E-state index contributed by atoms with van der Waals surface area (Å²) in [6.45, 7) is 12.8. The second-order valence-electron chi connectivity index (χ2n) is 8.88. The zero-order valence-electron chi connectivity index (χ0n) is 15.4. The average Bonchev–Trinajstić information content (AvgIpc) is 2.40. The highest BCUT2D eigenvalue weighted by Gasteiger charge is 2.29. The van der Waals surface area contributed by atoms with Gasteiger partial charge in [-0.15, -0.1) is 11.8 Å². The molecule has 0 bridgehead atoms. The number of benzene rings is 1. The number of phenols is 1. The third-order valence-corrected chi connectivity index (χ3v) is 6.02. The molecule has 3 heteroatoms. The van der Waals surface area contributed by atoms with E-state index in [9.17, 15) is 10.2 Å². The molecule has 0 amide bonds. The number of rotatable bonds is 2. The first kappa shape index (κ1) is 18.7. The van der Waals surface area contributed by atoms with Crippen LogP contribution in [-0.2, 0) is 10.8 Å². The monoisotopic (exact) mass is 336 g/mol. The number of thioether (sulfide) groups is 1. The fourth-order valence-electron chi connectivity index (χ4n) is 3.21. The highest BCUT2D eigenvalue weighted by atomic mass is 32.2. The van der Waals surface area contributed by atoms with Crippen molar-refractivity contribution in [2.45, 2.75) is 94.3 Å². The molecule has 0 spiro atoms. The van der Waals surface area contributed by atoms with Crippen LogP contribution in [0.3, 0.4) is 0 Å². The largest absolute Gasteiger partial charge is 0.507 e. The second kappa shape index (κ2) is 6.68. The van der Waals surface area contributed by atoms with Gasteiger partial charge < -0.3 is 10.2 Å². The van der Waals surface area contributed by atoms with Gasteiger partial charge in [0.05, 0.1) is 6.10 Å². The molecule has 1 fully saturated rings. The van der Waals surface area contributed by atoms with E-state index in [0.717, 1.165) is 30.4 Å². The molecule has 0 aromatic heterocycles. The Labute approximate surface area is 145 Å². The molecule has 1 aromatic carbocycles. The molecule has 0 radical (unpaired) electrons. The Balaban J connectivity index is 2.43. The second-order valence-corrected chi connectivity index (χ2v) is 10.2. The highest BCUT2D eigenvalue weighted by Crippen LogP contribution is 2.43. The minimum atomic E-state index is -0.210. The Bertz CT molecular complexity index is 517. The molecular weight excluding hydrogens is 304 g/mol. The third kappa shape index (κ3) is 4.45. The van der Waals surface area contributed by atoms with Crippen LogP contribution < -0.4 is 0 Å². The quantitative estimate of drug-likeness (QED) is 0.761. The molecule has 2 rings (SSSR count). The standard InChI is InChI=1S/C20H32O2S/c1-19(2,3)14-11-13(12-15(18(14)22)20(4,5)6)23-17-10-8-7-9-16(17)21/h11-12,16-17,21-22H,7-10H2,1-6H3/t16-,17-/m1/s1. The minimum absolute atomic E-state index is 0.105. The Morgan fingerprint density at radius 2 is 1.39 bits per heavy atom. The van der Waals surface area contributed by atoms with E-state index in [0.29, 0.717) is 5.75 Å². The third-order valence-electron chi connectivity index (χ3n) is 4.65. The summed E-state index contributed by atoms with van der Waals surface area (Å²) in [5.74, 6) is 0.429. The summed E-state index contributed by atoms with van der Waals surface area (Å²) in [5, 5.41) is 21.3. The summed E-state index contributed by atoms with van der Waals surface area (Å²) in [4.78, 5) is 1.17. The average molecular weight is 337 g/mol. The summed E-state index contributed by atoms with van der Waals surface area (Å²) in [6.07, 6.45) is 4.11. The van der Waals surface area contributed by atoms with Crippen LogP contribution in [-0.4, -0.2) is 21.6 Å². The minimum Gasteiger partial charge on any atom is -0.507 e. The van der Waals surface area contributed by atoms with Crippen molar-refractivity contribution < 1.29 is 10.2 Å². The van der Waals surface area contributed by atoms with Crippen LogP contribution in [0.15, 0.2) is 17.0 Å². The summed E-state index contributed by atoms with van der Waals surface area (Å²) in [6, 6.07) is 4.24. The smallest absolute Gasteiger partial charge is 0.123 e. The maximum atomic E-state index is 10.8. The number of hydrogen-bond donors (Lipinski definition) is 2. The lowest BCUT2D eigenvalue weighted by Gasteiger charge is -2.30. The van der Waals surface area contributed by atoms with Crippen LogP contribution in [0.4, 0.5) is 0 Å². The van der Waals surface area contributed by atoms with Gasteiger partial charge in [0.15, 0.2) is 0 Å². The highest BCUT2D eigenvalue weighted by molar-refractivity contribution is 8.00. The van der Waals surface area contributed by atoms with E-state index in [-0.39, 0.29) is 22.2 Å². The van der Waals surface area contributed by atoms with E-state index < -0.39 is 0 Å². The molecule has 1 aliphatic rings. The van der Waals surface area contributed by atoms with E-state index in [1.807, 2.05) is 0 Å². The van der Waals surface area contributed by atoms with Crippen LogP contribution in [0.1, 0.15) is 78.4 Å². The molecule has 0 saturated heterocycles. The van der Waals surface area contributed by atoms with Gasteiger partial charge in [-0.2, -0.15) is 0 Å². The van der Waals surface area contributed by atoms with E-state index in [2.05, 4.69) is 53.7 Å². The van der Waals surface area contributed by atoms with Gasteiger partial charge in [0, 0.05) is 21.3 Å². The van der Waals surface area contributed by atoms with Crippen molar-refractivity contribution in [2.24, 2.45) is 0 Å². The summed E-state index contributed by atoms with van der Waals surface area (Å²) in [5.41, 5.74) is 1.79. The lowest BCUT2D eigenvalue weighted by Crippen LogP contribution is -2.26.